The summed E-state index contributed by atoms with van der Waals surface area (Å²) in [7, 11) is 1.55. The van der Waals surface area contributed by atoms with E-state index in [0.717, 1.165) is 37.1 Å². The third kappa shape index (κ3) is 4.83. The van der Waals surface area contributed by atoms with Crippen LogP contribution in [0.3, 0.4) is 0 Å². The summed E-state index contributed by atoms with van der Waals surface area (Å²) in [5.41, 5.74) is 3.56. The maximum atomic E-state index is 13.6. The van der Waals surface area contributed by atoms with E-state index in [1.54, 1.807) is 29.0 Å². The van der Waals surface area contributed by atoms with Crippen LogP contribution in [0.5, 0.6) is 5.75 Å². The van der Waals surface area contributed by atoms with Gasteiger partial charge in [-0.2, -0.15) is 0 Å². The summed E-state index contributed by atoms with van der Waals surface area (Å²) in [6.07, 6.45) is 2.74. The molecule has 2 aliphatic rings. The van der Waals surface area contributed by atoms with E-state index in [1.165, 1.54) is 0 Å². The number of carbonyl (C=O) groups excluding carboxylic acids is 3. The van der Waals surface area contributed by atoms with Crippen molar-refractivity contribution in [3.05, 3.63) is 47.5 Å². The molecule has 0 aromatic heterocycles. The molecule has 1 fully saturated rings. The molecule has 0 spiro atoms. The molecule has 186 valence electrons. The molecule has 0 bridgehead atoms. The Kier molecular flexibility index (Phi) is 7.28. The monoisotopic (exact) mass is 478 g/mol. The zero-order valence-electron chi connectivity index (χ0n) is 21.0. The molecule has 8 heteroatoms. The Labute approximate surface area is 206 Å². The lowest BCUT2D eigenvalue weighted by atomic mass is 9.95. The number of aryl methyl sites for hydroxylation is 1. The van der Waals surface area contributed by atoms with Gasteiger partial charge in [-0.05, 0) is 75.9 Å². The second-order valence-electron chi connectivity index (χ2n) is 9.06. The number of carbonyl (C=O) groups is 3. The normalized spacial score (nSPS) is 16.9. The molecule has 1 N–H and O–H groups in total. The smallest absolute Gasteiger partial charge is 0.253 e. The van der Waals surface area contributed by atoms with Gasteiger partial charge in [-0.25, -0.2) is 0 Å². The van der Waals surface area contributed by atoms with E-state index in [2.05, 4.69) is 10.2 Å². The highest BCUT2D eigenvalue weighted by Crippen LogP contribution is 2.40. The predicted molar refractivity (Wildman–Crippen MR) is 137 cm³/mol. The predicted octanol–water partition coefficient (Wildman–Crippen LogP) is 3.83. The van der Waals surface area contributed by atoms with Gasteiger partial charge in [0, 0.05) is 25.2 Å². The van der Waals surface area contributed by atoms with Crippen molar-refractivity contribution in [2.45, 2.75) is 46.1 Å². The van der Waals surface area contributed by atoms with Gasteiger partial charge in [0.15, 0.2) is 0 Å². The summed E-state index contributed by atoms with van der Waals surface area (Å²) in [5, 5.41) is 2.90. The van der Waals surface area contributed by atoms with E-state index in [0.29, 0.717) is 35.8 Å². The highest BCUT2D eigenvalue weighted by Gasteiger charge is 2.40. The van der Waals surface area contributed by atoms with E-state index >= 15 is 0 Å². The number of fused-ring (bicyclic) bond motifs is 3. The molecule has 0 aliphatic carbocycles. The van der Waals surface area contributed by atoms with Crippen LogP contribution in [0.4, 0.5) is 17.1 Å². The number of methoxy groups -OCH3 is 1. The van der Waals surface area contributed by atoms with Crippen molar-refractivity contribution in [2.24, 2.45) is 0 Å². The Bertz CT molecular complexity index is 1130. The largest absolute Gasteiger partial charge is 0.495 e. The fourth-order valence-electron chi connectivity index (χ4n) is 5.00. The van der Waals surface area contributed by atoms with Gasteiger partial charge in [0.1, 0.15) is 18.3 Å². The number of piperidine rings is 1. The first-order chi connectivity index (χ1) is 16.9. The minimum atomic E-state index is -0.321. The third-order valence-corrected chi connectivity index (χ3v) is 6.86. The van der Waals surface area contributed by atoms with Crippen molar-refractivity contribution < 1.29 is 19.1 Å². The summed E-state index contributed by atoms with van der Waals surface area (Å²) >= 11 is 0. The average molecular weight is 479 g/mol. The Balaban J connectivity index is 1.67. The van der Waals surface area contributed by atoms with Crippen molar-refractivity contribution >= 4 is 34.8 Å². The molecule has 2 aromatic rings. The van der Waals surface area contributed by atoms with Gasteiger partial charge >= 0.3 is 0 Å². The van der Waals surface area contributed by atoms with E-state index in [9.17, 15) is 14.4 Å². The van der Waals surface area contributed by atoms with Crippen LogP contribution < -0.4 is 19.9 Å². The molecular weight excluding hydrogens is 444 g/mol. The first-order valence-corrected chi connectivity index (χ1v) is 12.3. The summed E-state index contributed by atoms with van der Waals surface area (Å²) in [4.78, 5) is 45.2. The molecule has 1 unspecified atom stereocenters. The number of ether oxygens (including phenoxy) is 1. The Morgan fingerprint density at radius 2 is 1.86 bits per heavy atom. The SMILES string of the molecule is CCN(CC)C(=O)c1ccc2c(c1)N(CC(=O)Nc1cc(C)ccc1OC)C(=O)C1CCCCN21. The summed E-state index contributed by atoms with van der Waals surface area (Å²) in [6, 6.07) is 10.8. The van der Waals surface area contributed by atoms with Gasteiger partial charge in [-0.1, -0.05) is 6.07 Å². The van der Waals surface area contributed by atoms with Crippen LogP contribution in [0.2, 0.25) is 0 Å². The van der Waals surface area contributed by atoms with E-state index in [4.69, 9.17) is 4.74 Å². The average Bonchev–Trinajstić information content (AvgIpc) is 2.87. The van der Waals surface area contributed by atoms with Crippen LogP contribution in [-0.4, -0.2) is 62.0 Å². The lowest BCUT2D eigenvalue weighted by Gasteiger charge is -2.45. The van der Waals surface area contributed by atoms with Gasteiger partial charge in [0.2, 0.25) is 11.8 Å². The number of rotatable bonds is 7. The molecule has 8 nitrogen and oxygen atoms in total. The zero-order valence-corrected chi connectivity index (χ0v) is 21.0. The van der Waals surface area contributed by atoms with Gasteiger partial charge in [-0.15, -0.1) is 0 Å². The number of anilines is 3. The molecule has 2 aromatic carbocycles. The van der Waals surface area contributed by atoms with Crippen molar-refractivity contribution in [3.63, 3.8) is 0 Å². The number of nitrogens with one attached hydrogen (secondary N) is 1. The molecule has 4 rings (SSSR count). The molecule has 1 atom stereocenters. The van der Waals surface area contributed by atoms with Crippen LogP contribution in [0.1, 0.15) is 49.0 Å². The number of amides is 3. The standard InChI is InChI=1S/C27H34N4O4/c1-5-29(6-2)26(33)19-11-12-21-23(16-19)31(27(34)22-9-7-8-14-30(21)22)17-25(32)28-20-15-18(3)10-13-24(20)35-4/h10-13,15-16,22H,5-9,14,17H2,1-4H3,(H,28,32). The van der Waals surface area contributed by atoms with Crippen molar-refractivity contribution in [1.29, 1.82) is 0 Å². The third-order valence-electron chi connectivity index (χ3n) is 6.86. The number of hydrogen-bond donors (Lipinski definition) is 1. The lowest BCUT2D eigenvalue weighted by molar-refractivity contribution is -0.123. The molecule has 3 amide bonds. The summed E-state index contributed by atoms with van der Waals surface area (Å²) < 4.78 is 5.38. The molecule has 1 saturated heterocycles. The van der Waals surface area contributed by atoms with Crippen LogP contribution in [0.25, 0.3) is 0 Å². The maximum absolute atomic E-state index is 13.6. The van der Waals surface area contributed by atoms with Crippen molar-refractivity contribution in [1.82, 2.24) is 4.90 Å². The molecule has 2 heterocycles. The highest BCUT2D eigenvalue weighted by atomic mass is 16.5. The Morgan fingerprint density at radius 3 is 2.57 bits per heavy atom. The van der Waals surface area contributed by atoms with Gasteiger partial charge in [0.05, 0.1) is 24.2 Å². The van der Waals surface area contributed by atoms with Gasteiger partial charge in [-0.3, -0.25) is 19.3 Å². The zero-order chi connectivity index (χ0) is 25.1. The highest BCUT2D eigenvalue weighted by molar-refractivity contribution is 6.11. The molecule has 0 saturated carbocycles. The summed E-state index contributed by atoms with van der Waals surface area (Å²) in [6.45, 7) is 7.67. The topological polar surface area (TPSA) is 82.2 Å². The minimum absolute atomic E-state index is 0.0834. The van der Waals surface area contributed by atoms with E-state index in [1.807, 2.05) is 45.0 Å². The van der Waals surface area contributed by atoms with Crippen molar-refractivity contribution in [3.8, 4) is 5.75 Å². The van der Waals surface area contributed by atoms with Gasteiger partial charge in [0.25, 0.3) is 5.91 Å². The first-order valence-electron chi connectivity index (χ1n) is 12.3. The summed E-state index contributed by atoms with van der Waals surface area (Å²) in [5.74, 6) is 0.0497. The molecule has 0 radical (unpaired) electrons. The maximum Gasteiger partial charge on any atom is 0.253 e. The molecule has 35 heavy (non-hydrogen) atoms. The second-order valence-corrected chi connectivity index (χ2v) is 9.06. The minimum Gasteiger partial charge on any atom is -0.495 e. The number of nitrogens with zero attached hydrogens (tertiary/aromatic N) is 3. The number of hydrogen-bond acceptors (Lipinski definition) is 5. The molecule has 2 aliphatic heterocycles. The fraction of sp³-hybridized carbons (Fsp3) is 0.444. The van der Waals surface area contributed by atoms with E-state index in [-0.39, 0.29) is 30.3 Å². The van der Waals surface area contributed by atoms with E-state index < -0.39 is 0 Å². The fourth-order valence-corrected chi connectivity index (χ4v) is 5.00. The second kappa shape index (κ2) is 10.4. The molecular formula is C27H34N4O4. The van der Waals surface area contributed by atoms with Crippen LogP contribution in [-0.2, 0) is 9.59 Å². The quantitative estimate of drug-likeness (QED) is 0.654. The van der Waals surface area contributed by atoms with Crippen LogP contribution in [0, 0.1) is 6.92 Å². The number of benzene rings is 2. The first kappa shape index (κ1) is 24.6. The van der Waals surface area contributed by atoms with Gasteiger partial charge < -0.3 is 19.9 Å². The Morgan fingerprint density at radius 1 is 1.09 bits per heavy atom. The lowest BCUT2D eigenvalue weighted by Crippen LogP contribution is -2.56. The van der Waals surface area contributed by atoms with Crippen LogP contribution >= 0.6 is 0 Å². The Hall–Kier alpha value is -3.55. The van der Waals surface area contributed by atoms with Crippen molar-refractivity contribution in [2.75, 3.05) is 48.4 Å². The van der Waals surface area contributed by atoms with Crippen LogP contribution in [0.15, 0.2) is 36.4 Å².